The van der Waals surface area contributed by atoms with E-state index in [0.717, 1.165) is 6.07 Å². The van der Waals surface area contributed by atoms with Crippen molar-refractivity contribution in [2.24, 2.45) is 5.92 Å². The highest BCUT2D eigenvalue weighted by atomic mass is 19.4. The van der Waals surface area contributed by atoms with E-state index in [0.29, 0.717) is 5.69 Å². The zero-order valence-electron chi connectivity index (χ0n) is 11.4. The van der Waals surface area contributed by atoms with E-state index in [2.05, 4.69) is 10.4 Å². The highest BCUT2D eigenvalue weighted by molar-refractivity contribution is 5.78. The molecule has 0 bridgehead atoms. The molecule has 0 aromatic carbocycles. The first-order valence-corrected chi connectivity index (χ1v) is 6.03. The van der Waals surface area contributed by atoms with Gasteiger partial charge < -0.3 is 5.32 Å². The van der Waals surface area contributed by atoms with E-state index in [4.69, 9.17) is 0 Å². The molecule has 19 heavy (non-hydrogen) atoms. The summed E-state index contributed by atoms with van der Waals surface area (Å²) < 4.78 is 38.7. The lowest BCUT2D eigenvalue weighted by Gasteiger charge is -2.15. The average molecular weight is 277 g/mol. The maximum atomic E-state index is 12.5. The Morgan fingerprint density at radius 3 is 2.42 bits per heavy atom. The lowest BCUT2D eigenvalue weighted by molar-refractivity contribution is -0.141. The lowest BCUT2D eigenvalue weighted by atomic mass is 10.1. The molecule has 0 aliphatic rings. The number of alkyl halides is 3. The Morgan fingerprint density at radius 2 is 2.00 bits per heavy atom. The Bertz CT molecular complexity index is 452. The zero-order valence-corrected chi connectivity index (χ0v) is 11.4. The van der Waals surface area contributed by atoms with Crippen LogP contribution in [0.5, 0.6) is 0 Å². The summed E-state index contributed by atoms with van der Waals surface area (Å²) in [6.45, 7) is 6.97. The fourth-order valence-corrected chi connectivity index (χ4v) is 1.60. The highest BCUT2D eigenvalue weighted by Gasteiger charge is 2.34. The molecule has 1 aromatic rings. The number of hydrogen-bond acceptors (Lipinski definition) is 2. The summed E-state index contributed by atoms with van der Waals surface area (Å²) in [4.78, 5) is 11.7. The number of halogens is 3. The van der Waals surface area contributed by atoms with Gasteiger partial charge in [0.1, 0.15) is 0 Å². The van der Waals surface area contributed by atoms with Gasteiger partial charge in [-0.1, -0.05) is 6.92 Å². The number of aryl methyl sites for hydroxylation is 1. The van der Waals surface area contributed by atoms with Crippen LogP contribution in [0.25, 0.3) is 0 Å². The predicted octanol–water partition coefficient (Wildman–Crippen LogP) is 2.37. The third-order valence-corrected chi connectivity index (χ3v) is 2.60. The fourth-order valence-electron chi connectivity index (χ4n) is 1.60. The fraction of sp³-hybridized carbons (Fsp3) is 0.667. The average Bonchev–Trinajstić information content (AvgIpc) is 2.58. The van der Waals surface area contributed by atoms with Crippen LogP contribution in [0.2, 0.25) is 0 Å². The zero-order chi connectivity index (χ0) is 14.8. The summed E-state index contributed by atoms with van der Waals surface area (Å²) in [7, 11) is 0. The molecule has 108 valence electrons. The van der Waals surface area contributed by atoms with Crippen molar-refractivity contribution in [3.05, 3.63) is 17.5 Å². The Kier molecular flexibility index (Phi) is 4.60. The van der Waals surface area contributed by atoms with Crippen molar-refractivity contribution in [2.45, 2.75) is 46.5 Å². The van der Waals surface area contributed by atoms with Crippen LogP contribution in [-0.2, 0) is 17.5 Å². The maximum Gasteiger partial charge on any atom is 0.435 e. The Hall–Kier alpha value is -1.53. The van der Waals surface area contributed by atoms with Gasteiger partial charge in [0, 0.05) is 11.7 Å². The van der Waals surface area contributed by atoms with Crippen molar-refractivity contribution >= 4 is 5.91 Å². The molecule has 1 heterocycles. The minimum absolute atomic E-state index is 0.000551. The smallest absolute Gasteiger partial charge is 0.354 e. The van der Waals surface area contributed by atoms with E-state index in [1.807, 2.05) is 13.8 Å². The van der Waals surface area contributed by atoms with Gasteiger partial charge in [-0.05, 0) is 26.8 Å². The first-order chi connectivity index (χ1) is 8.61. The van der Waals surface area contributed by atoms with Gasteiger partial charge >= 0.3 is 6.18 Å². The molecule has 0 spiro atoms. The molecule has 1 amide bonds. The van der Waals surface area contributed by atoms with E-state index >= 15 is 0 Å². The number of aromatic nitrogens is 2. The van der Waals surface area contributed by atoms with Crippen LogP contribution in [0.3, 0.4) is 0 Å². The van der Waals surface area contributed by atoms with Gasteiger partial charge in [-0.15, -0.1) is 0 Å². The van der Waals surface area contributed by atoms with Gasteiger partial charge in [-0.3, -0.25) is 9.48 Å². The van der Waals surface area contributed by atoms with Gasteiger partial charge in [0.25, 0.3) is 0 Å². The summed E-state index contributed by atoms with van der Waals surface area (Å²) in [5, 5.41) is 6.21. The first kappa shape index (κ1) is 15.5. The highest BCUT2D eigenvalue weighted by Crippen LogP contribution is 2.28. The van der Waals surface area contributed by atoms with Crippen LogP contribution in [0.15, 0.2) is 6.07 Å². The monoisotopic (exact) mass is 277 g/mol. The quantitative estimate of drug-likeness (QED) is 0.918. The van der Waals surface area contributed by atoms with E-state index in [1.54, 1.807) is 6.92 Å². The summed E-state index contributed by atoms with van der Waals surface area (Å²) in [5.41, 5.74) is -0.544. The van der Waals surface area contributed by atoms with E-state index < -0.39 is 17.8 Å². The minimum Gasteiger partial charge on any atom is -0.354 e. The standard InChI is InChI=1S/C12H18F3N3O/c1-7(2)16-11(19)8(3)6-18-9(4)5-10(17-18)12(13,14)15/h5,7-8H,6H2,1-4H3,(H,16,19)/t8-/m0/s1. The maximum absolute atomic E-state index is 12.5. The molecule has 0 aliphatic heterocycles. The van der Waals surface area contributed by atoms with Crippen molar-refractivity contribution < 1.29 is 18.0 Å². The third kappa shape index (κ3) is 4.25. The Morgan fingerprint density at radius 1 is 1.42 bits per heavy atom. The van der Waals surface area contributed by atoms with Crippen LogP contribution >= 0.6 is 0 Å². The molecule has 1 aromatic heterocycles. The molecule has 0 saturated carbocycles. The normalized spacial score (nSPS) is 13.7. The number of nitrogens with zero attached hydrogens (tertiary/aromatic N) is 2. The summed E-state index contributed by atoms with van der Waals surface area (Å²) in [5.74, 6) is -0.638. The van der Waals surface area contributed by atoms with Crippen LogP contribution in [0.1, 0.15) is 32.2 Å². The van der Waals surface area contributed by atoms with Crippen LogP contribution in [-0.4, -0.2) is 21.7 Å². The molecule has 7 heteroatoms. The van der Waals surface area contributed by atoms with Crippen molar-refractivity contribution in [3.8, 4) is 0 Å². The second-order valence-electron chi connectivity index (χ2n) is 4.92. The Balaban J connectivity index is 2.77. The van der Waals surface area contributed by atoms with Crippen molar-refractivity contribution in [3.63, 3.8) is 0 Å². The lowest BCUT2D eigenvalue weighted by Crippen LogP contribution is -2.36. The molecule has 0 radical (unpaired) electrons. The first-order valence-electron chi connectivity index (χ1n) is 6.03. The molecule has 4 nitrogen and oxygen atoms in total. The molecule has 0 fully saturated rings. The third-order valence-electron chi connectivity index (χ3n) is 2.60. The van der Waals surface area contributed by atoms with Crippen LogP contribution < -0.4 is 5.32 Å². The van der Waals surface area contributed by atoms with Gasteiger partial charge in [-0.25, -0.2) is 0 Å². The topological polar surface area (TPSA) is 46.9 Å². The number of rotatable bonds is 4. The number of amides is 1. The molecule has 1 rings (SSSR count). The van der Waals surface area contributed by atoms with Gasteiger partial charge in [-0.2, -0.15) is 18.3 Å². The van der Waals surface area contributed by atoms with Crippen molar-refractivity contribution in [2.75, 3.05) is 0 Å². The second kappa shape index (κ2) is 5.63. The molecule has 0 unspecified atom stereocenters. The molecular weight excluding hydrogens is 259 g/mol. The van der Waals surface area contributed by atoms with Gasteiger partial charge in [0.2, 0.25) is 5.91 Å². The summed E-state index contributed by atoms with van der Waals surface area (Å²) in [6, 6.07) is 0.979. The second-order valence-corrected chi connectivity index (χ2v) is 4.92. The molecular formula is C12H18F3N3O. The van der Waals surface area contributed by atoms with Gasteiger partial charge in [0.05, 0.1) is 12.5 Å². The van der Waals surface area contributed by atoms with E-state index in [9.17, 15) is 18.0 Å². The van der Waals surface area contributed by atoms with Crippen LogP contribution in [0.4, 0.5) is 13.2 Å². The number of nitrogens with one attached hydrogen (secondary N) is 1. The number of hydrogen-bond donors (Lipinski definition) is 1. The summed E-state index contributed by atoms with van der Waals surface area (Å²) >= 11 is 0. The Labute approximate surface area is 110 Å². The van der Waals surface area contributed by atoms with Crippen molar-refractivity contribution in [1.29, 1.82) is 0 Å². The van der Waals surface area contributed by atoms with E-state index in [-0.39, 0.29) is 18.5 Å². The van der Waals surface area contributed by atoms with Crippen molar-refractivity contribution in [1.82, 2.24) is 15.1 Å². The molecule has 0 aliphatic carbocycles. The molecule has 1 atom stereocenters. The number of carbonyl (C=O) groups excluding carboxylic acids is 1. The van der Waals surface area contributed by atoms with E-state index in [1.165, 1.54) is 11.6 Å². The summed E-state index contributed by atoms with van der Waals surface area (Å²) in [6.07, 6.45) is -4.46. The molecule has 0 saturated heterocycles. The predicted molar refractivity (Wildman–Crippen MR) is 64.4 cm³/mol. The SMILES string of the molecule is Cc1cc(C(F)(F)F)nn1C[C@H](C)C(=O)NC(C)C. The minimum atomic E-state index is -4.46. The van der Waals surface area contributed by atoms with Crippen LogP contribution in [0, 0.1) is 12.8 Å². The molecule has 1 N–H and O–H groups in total. The largest absolute Gasteiger partial charge is 0.435 e. The number of carbonyl (C=O) groups is 1. The van der Waals surface area contributed by atoms with Gasteiger partial charge in [0.15, 0.2) is 5.69 Å².